The number of nitrogens with one attached hydrogen (secondary N) is 2. The minimum absolute atomic E-state index is 0.0179. The maximum Gasteiger partial charge on any atom is 0.322 e. The van der Waals surface area contributed by atoms with E-state index in [0.29, 0.717) is 11.3 Å². The number of nitrogens with zero attached hydrogens (tertiary/aromatic N) is 1. The monoisotopic (exact) mass is 216 g/mol. The number of nitrogen functional groups attached to an aromatic ring is 1. The Morgan fingerprint density at radius 1 is 1.12 bits per heavy atom. The fourth-order valence-electron chi connectivity index (χ4n) is 1.90. The van der Waals surface area contributed by atoms with E-state index in [1.54, 1.807) is 6.07 Å². The number of fused-ring (bicyclic) bond motifs is 3. The van der Waals surface area contributed by atoms with Crippen molar-refractivity contribution in [1.82, 2.24) is 9.97 Å². The Balaban J connectivity index is 2.44. The van der Waals surface area contributed by atoms with Gasteiger partial charge in [-0.25, -0.2) is 4.98 Å². The molecular weight excluding hydrogens is 208 g/mol. The standard InChI is InChI=1S/C10H8N4O2/c11-7-3-5-1-2-6-4-8(14(15)16)13-10(6)9(5)12-7/h1-4,12-13H,11H2. The van der Waals surface area contributed by atoms with Crippen LogP contribution in [0, 0.1) is 10.1 Å². The number of nitro groups is 1. The van der Waals surface area contributed by atoms with Crippen molar-refractivity contribution in [3.8, 4) is 0 Å². The molecule has 0 amide bonds. The first-order chi connectivity index (χ1) is 7.65. The third-order valence-corrected chi connectivity index (χ3v) is 2.59. The van der Waals surface area contributed by atoms with Gasteiger partial charge in [-0.15, -0.1) is 0 Å². The smallest absolute Gasteiger partial charge is 0.322 e. The van der Waals surface area contributed by atoms with Crippen LogP contribution >= 0.6 is 0 Å². The normalized spacial score (nSPS) is 11.2. The summed E-state index contributed by atoms with van der Waals surface area (Å²) in [5.74, 6) is 0.524. The van der Waals surface area contributed by atoms with Crippen molar-refractivity contribution >= 4 is 33.4 Å². The van der Waals surface area contributed by atoms with Gasteiger partial charge in [-0.2, -0.15) is 0 Å². The average molecular weight is 216 g/mol. The number of anilines is 1. The molecular formula is C10H8N4O2. The van der Waals surface area contributed by atoms with E-state index in [-0.39, 0.29) is 5.82 Å². The van der Waals surface area contributed by atoms with E-state index in [0.717, 1.165) is 16.3 Å². The van der Waals surface area contributed by atoms with Crippen LogP contribution in [0.3, 0.4) is 0 Å². The Hall–Kier alpha value is -2.50. The van der Waals surface area contributed by atoms with Crippen molar-refractivity contribution in [3.05, 3.63) is 34.4 Å². The number of benzene rings is 1. The third-order valence-electron chi connectivity index (χ3n) is 2.59. The summed E-state index contributed by atoms with van der Waals surface area (Å²) in [4.78, 5) is 15.9. The second-order valence-corrected chi connectivity index (χ2v) is 3.63. The van der Waals surface area contributed by atoms with Crippen molar-refractivity contribution < 1.29 is 4.92 Å². The lowest BCUT2D eigenvalue weighted by Gasteiger charge is -1.89. The van der Waals surface area contributed by atoms with Crippen molar-refractivity contribution in [2.75, 3.05) is 5.73 Å². The van der Waals surface area contributed by atoms with Crippen molar-refractivity contribution in [2.45, 2.75) is 0 Å². The van der Waals surface area contributed by atoms with E-state index in [1.807, 2.05) is 12.1 Å². The van der Waals surface area contributed by atoms with Gasteiger partial charge in [-0.3, -0.25) is 0 Å². The molecule has 0 spiro atoms. The maximum atomic E-state index is 10.7. The summed E-state index contributed by atoms with van der Waals surface area (Å²) in [6.45, 7) is 0. The Labute approximate surface area is 89.2 Å². The van der Waals surface area contributed by atoms with Gasteiger partial charge in [0.2, 0.25) is 0 Å². The van der Waals surface area contributed by atoms with Gasteiger partial charge in [0.05, 0.1) is 5.52 Å². The quantitative estimate of drug-likeness (QED) is 0.429. The molecule has 6 heteroatoms. The lowest BCUT2D eigenvalue weighted by Crippen LogP contribution is -1.86. The number of aromatic amines is 2. The average Bonchev–Trinajstić information content (AvgIpc) is 2.77. The van der Waals surface area contributed by atoms with E-state index in [1.165, 1.54) is 6.07 Å². The maximum absolute atomic E-state index is 10.7. The van der Waals surface area contributed by atoms with Crippen LogP contribution < -0.4 is 5.73 Å². The lowest BCUT2D eigenvalue weighted by atomic mass is 10.2. The second kappa shape index (κ2) is 2.75. The van der Waals surface area contributed by atoms with Crippen LogP contribution in [0.1, 0.15) is 0 Å². The predicted molar refractivity (Wildman–Crippen MR) is 61.2 cm³/mol. The van der Waals surface area contributed by atoms with E-state index < -0.39 is 4.92 Å². The third kappa shape index (κ3) is 1.07. The topological polar surface area (TPSA) is 101 Å². The molecule has 3 aromatic rings. The van der Waals surface area contributed by atoms with E-state index in [4.69, 9.17) is 5.73 Å². The van der Waals surface area contributed by atoms with Crippen LogP contribution in [0.2, 0.25) is 0 Å². The summed E-state index contributed by atoms with van der Waals surface area (Å²) >= 11 is 0. The fraction of sp³-hybridized carbons (Fsp3) is 0. The Morgan fingerprint density at radius 2 is 1.75 bits per heavy atom. The highest BCUT2D eigenvalue weighted by Crippen LogP contribution is 2.28. The zero-order chi connectivity index (χ0) is 11.3. The fourth-order valence-corrected chi connectivity index (χ4v) is 1.90. The molecule has 1 aromatic carbocycles. The molecule has 16 heavy (non-hydrogen) atoms. The van der Waals surface area contributed by atoms with Gasteiger partial charge in [0.15, 0.2) is 5.52 Å². The van der Waals surface area contributed by atoms with E-state index in [9.17, 15) is 10.1 Å². The summed E-state index contributed by atoms with van der Waals surface area (Å²) in [6.07, 6.45) is 0. The molecule has 0 atom stereocenters. The minimum atomic E-state index is -0.446. The van der Waals surface area contributed by atoms with Gasteiger partial charge >= 0.3 is 5.82 Å². The molecule has 2 aromatic heterocycles. The molecule has 80 valence electrons. The summed E-state index contributed by atoms with van der Waals surface area (Å²) in [5.41, 5.74) is 7.15. The van der Waals surface area contributed by atoms with Crippen LogP contribution in [0.5, 0.6) is 0 Å². The van der Waals surface area contributed by atoms with Crippen molar-refractivity contribution in [2.24, 2.45) is 0 Å². The minimum Gasteiger partial charge on any atom is -0.385 e. The van der Waals surface area contributed by atoms with Gasteiger partial charge < -0.3 is 20.8 Å². The Bertz CT molecular complexity index is 710. The first kappa shape index (κ1) is 8.78. The molecule has 0 saturated heterocycles. The van der Waals surface area contributed by atoms with E-state index >= 15 is 0 Å². The first-order valence-corrected chi connectivity index (χ1v) is 4.69. The van der Waals surface area contributed by atoms with Gasteiger partial charge in [-0.1, -0.05) is 6.07 Å². The van der Waals surface area contributed by atoms with Gasteiger partial charge in [0.1, 0.15) is 5.82 Å². The molecule has 0 radical (unpaired) electrons. The predicted octanol–water partition coefficient (Wildman–Crippen LogP) is 2.14. The molecule has 3 rings (SSSR count). The zero-order valence-electron chi connectivity index (χ0n) is 8.15. The molecule has 6 nitrogen and oxygen atoms in total. The molecule has 0 fully saturated rings. The number of hydrogen-bond donors (Lipinski definition) is 3. The van der Waals surface area contributed by atoms with Gasteiger partial charge in [-0.05, 0) is 17.1 Å². The SMILES string of the molecule is Nc1cc2ccc3cc([N+](=O)[O-])[nH]c3c2[nH]1. The molecule has 0 aliphatic carbocycles. The van der Waals surface area contributed by atoms with Crippen LogP contribution in [-0.2, 0) is 0 Å². The van der Waals surface area contributed by atoms with Crippen molar-refractivity contribution in [1.29, 1.82) is 0 Å². The molecule has 4 N–H and O–H groups in total. The Morgan fingerprint density at radius 3 is 2.44 bits per heavy atom. The number of rotatable bonds is 1. The van der Waals surface area contributed by atoms with E-state index in [2.05, 4.69) is 9.97 Å². The van der Waals surface area contributed by atoms with Gasteiger partial charge in [0.25, 0.3) is 0 Å². The molecule has 0 aliphatic rings. The number of hydrogen-bond acceptors (Lipinski definition) is 3. The Kier molecular flexibility index (Phi) is 1.51. The summed E-state index contributed by atoms with van der Waals surface area (Å²) in [5, 5.41) is 12.4. The molecule has 0 saturated carbocycles. The molecule has 0 unspecified atom stereocenters. The molecule has 2 heterocycles. The number of nitrogens with two attached hydrogens (primary N) is 1. The highest BCUT2D eigenvalue weighted by atomic mass is 16.6. The second-order valence-electron chi connectivity index (χ2n) is 3.63. The summed E-state index contributed by atoms with van der Waals surface area (Å²) in [6, 6.07) is 7.00. The van der Waals surface area contributed by atoms with Crippen LogP contribution in [0.15, 0.2) is 24.3 Å². The van der Waals surface area contributed by atoms with Crippen LogP contribution in [0.4, 0.5) is 11.6 Å². The lowest BCUT2D eigenvalue weighted by molar-refractivity contribution is -0.389. The summed E-state index contributed by atoms with van der Waals surface area (Å²) in [7, 11) is 0. The largest absolute Gasteiger partial charge is 0.385 e. The first-order valence-electron chi connectivity index (χ1n) is 4.69. The van der Waals surface area contributed by atoms with Crippen molar-refractivity contribution in [3.63, 3.8) is 0 Å². The highest BCUT2D eigenvalue weighted by Gasteiger charge is 2.13. The highest BCUT2D eigenvalue weighted by molar-refractivity contribution is 6.05. The number of H-pyrrole nitrogens is 2. The van der Waals surface area contributed by atoms with Crippen LogP contribution in [-0.4, -0.2) is 14.9 Å². The molecule has 0 aliphatic heterocycles. The van der Waals surface area contributed by atoms with Crippen LogP contribution in [0.25, 0.3) is 21.8 Å². The number of aromatic nitrogens is 2. The van der Waals surface area contributed by atoms with Gasteiger partial charge in [0, 0.05) is 16.8 Å². The molecule has 0 bridgehead atoms. The summed E-state index contributed by atoms with van der Waals surface area (Å²) < 4.78 is 0. The zero-order valence-corrected chi connectivity index (χ0v) is 8.15.